The molecule has 0 amide bonds. The van der Waals surface area contributed by atoms with Crippen LogP contribution in [0.3, 0.4) is 0 Å². The Kier molecular flexibility index (Phi) is 3.33. The van der Waals surface area contributed by atoms with Crippen LogP contribution in [0, 0.1) is 0 Å². The summed E-state index contributed by atoms with van der Waals surface area (Å²) in [5.74, 6) is 0.524. The fourth-order valence-corrected chi connectivity index (χ4v) is 1.29. The van der Waals surface area contributed by atoms with Crippen molar-refractivity contribution in [2.45, 2.75) is 19.1 Å². The molecule has 14 heavy (non-hydrogen) atoms. The predicted octanol–water partition coefficient (Wildman–Crippen LogP) is 0.781. The summed E-state index contributed by atoms with van der Waals surface area (Å²) in [6, 6.07) is 4.22. The van der Waals surface area contributed by atoms with E-state index in [4.69, 9.17) is 10.5 Å². The highest BCUT2D eigenvalue weighted by atomic mass is 16.5. The minimum atomic E-state index is -0.739. The van der Waals surface area contributed by atoms with E-state index in [1.165, 1.54) is 13.2 Å². The molecule has 0 aliphatic heterocycles. The molecule has 2 atom stereocenters. The van der Waals surface area contributed by atoms with Gasteiger partial charge in [0.2, 0.25) is 0 Å². The number of phenolic OH excluding ortho intramolecular Hbond substituents is 1. The minimum Gasteiger partial charge on any atom is -0.507 e. The van der Waals surface area contributed by atoms with Crippen molar-refractivity contribution in [2.24, 2.45) is 5.73 Å². The van der Waals surface area contributed by atoms with Crippen LogP contribution in [-0.4, -0.2) is 23.4 Å². The van der Waals surface area contributed by atoms with E-state index in [0.29, 0.717) is 11.3 Å². The van der Waals surface area contributed by atoms with Gasteiger partial charge in [0.05, 0.1) is 24.8 Å². The van der Waals surface area contributed by atoms with Crippen molar-refractivity contribution in [3.05, 3.63) is 23.8 Å². The number of phenols is 1. The van der Waals surface area contributed by atoms with Gasteiger partial charge in [0.15, 0.2) is 0 Å². The van der Waals surface area contributed by atoms with Crippen LogP contribution in [0.2, 0.25) is 0 Å². The summed E-state index contributed by atoms with van der Waals surface area (Å²) in [5.41, 5.74) is 6.16. The largest absolute Gasteiger partial charge is 0.507 e. The SMILES string of the molecule is COc1cccc(O)c1[C@@H](N)[C@H](C)O. The number of aliphatic hydroxyl groups is 1. The first kappa shape index (κ1) is 10.8. The summed E-state index contributed by atoms with van der Waals surface area (Å²) >= 11 is 0. The molecule has 0 aliphatic rings. The maximum atomic E-state index is 9.57. The van der Waals surface area contributed by atoms with Crippen LogP contribution in [-0.2, 0) is 0 Å². The molecular formula is C10H15NO3. The molecule has 0 aliphatic carbocycles. The van der Waals surface area contributed by atoms with Crippen molar-refractivity contribution in [3.63, 3.8) is 0 Å². The molecule has 0 unspecified atom stereocenters. The van der Waals surface area contributed by atoms with Gasteiger partial charge in [0.1, 0.15) is 11.5 Å². The molecule has 0 bridgehead atoms. The molecule has 1 rings (SSSR count). The zero-order chi connectivity index (χ0) is 10.7. The highest BCUT2D eigenvalue weighted by Gasteiger charge is 2.20. The third kappa shape index (κ3) is 1.97. The Bertz CT molecular complexity index is 312. The van der Waals surface area contributed by atoms with Crippen molar-refractivity contribution in [2.75, 3.05) is 7.11 Å². The van der Waals surface area contributed by atoms with Gasteiger partial charge in [-0.2, -0.15) is 0 Å². The van der Waals surface area contributed by atoms with Crippen LogP contribution in [0.25, 0.3) is 0 Å². The van der Waals surface area contributed by atoms with Crippen LogP contribution < -0.4 is 10.5 Å². The molecule has 4 heteroatoms. The van der Waals surface area contributed by atoms with Gasteiger partial charge >= 0.3 is 0 Å². The number of methoxy groups -OCH3 is 1. The molecule has 0 spiro atoms. The fraction of sp³-hybridized carbons (Fsp3) is 0.400. The zero-order valence-corrected chi connectivity index (χ0v) is 8.27. The second-order valence-electron chi connectivity index (χ2n) is 3.16. The van der Waals surface area contributed by atoms with Crippen LogP contribution in [0.4, 0.5) is 0 Å². The lowest BCUT2D eigenvalue weighted by Gasteiger charge is -2.19. The Morgan fingerprint density at radius 2 is 2.07 bits per heavy atom. The first-order chi connectivity index (χ1) is 6.57. The number of benzene rings is 1. The molecule has 0 radical (unpaired) electrons. The molecule has 4 N–H and O–H groups in total. The molecule has 0 saturated heterocycles. The number of hydrogen-bond acceptors (Lipinski definition) is 4. The van der Waals surface area contributed by atoms with Gasteiger partial charge in [-0.15, -0.1) is 0 Å². The monoisotopic (exact) mass is 197 g/mol. The van der Waals surface area contributed by atoms with Crippen LogP contribution in [0.5, 0.6) is 11.5 Å². The van der Waals surface area contributed by atoms with Gasteiger partial charge < -0.3 is 20.7 Å². The zero-order valence-electron chi connectivity index (χ0n) is 8.27. The third-order valence-electron chi connectivity index (χ3n) is 2.12. The Balaban J connectivity index is 3.16. The molecule has 78 valence electrons. The summed E-state index contributed by atoms with van der Waals surface area (Å²) in [5, 5.41) is 18.9. The second-order valence-corrected chi connectivity index (χ2v) is 3.16. The highest BCUT2D eigenvalue weighted by Crippen LogP contribution is 2.33. The van der Waals surface area contributed by atoms with Crippen LogP contribution in [0.15, 0.2) is 18.2 Å². The van der Waals surface area contributed by atoms with E-state index in [-0.39, 0.29) is 5.75 Å². The smallest absolute Gasteiger partial charge is 0.127 e. The van der Waals surface area contributed by atoms with Crippen LogP contribution in [0.1, 0.15) is 18.5 Å². The van der Waals surface area contributed by atoms with Crippen molar-refractivity contribution in [1.29, 1.82) is 0 Å². The van der Waals surface area contributed by atoms with Crippen LogP contribution >= 0.6 is 0 Å². The summed E-state index contributed by atoms with van der Waals surface area (Å²) < 4.78 is 5.05. The maximum absolute atomic E-state index is 9.57. The Morgan fingerprint density at radius 1 is 1.43 bits per heavy atom. The van der Waals surface area contributed by atoms with Gasteiger partial charge in [0, 0.05) is 0 Å². The summed E-state index contributed by atoms with van der Waals surface area (Å²) in [4.78, 5) is 0. The Morgan fingerprint density at radius 3 is 2.57 bits per heavy atom. The number of nitrogens with two attached hydrogens (primary N) is 1. The van der Waals surface area contributed by atoms with E-state index in [1.54, 1.807) is 19.1 Å². The summed E-state index contributed by atoms with van der Waals surface area (Å²) in [7, 11) is 1.49. The molecule has 4 nitrogen and oxygen atoms in total. The second kappa shape index (κ2) is 4.30. The van der Waals surface area contributed by atoms with Crippen molar-refractivity contribution >= 4 is 0 Å². The molecule has 0 aromatic heterocycles. The molecule has 0 fully saturated rings. The molecular weight excluding hydrogens is 182 g/mol. The van der Waals surface area contributed by atoms with E-state index in [9.17, 15) is 10.2 Å². The number of ether oxygens (including phenoxy) is 1. The molecule has 1 aromatic carbocycles. The van der Waals surface area contributed by atoms with Gasteiger partial charge in [-0.3, -0.25) is 0 Å². The maximum Gasteiger partial charge on any atom is 0.127 e. The highest BCUT2D eigenvalue weighted by molar-refractivity contribution is 5.46. The molecule has 0 heterocycles. The van der Waals surface area contributed by atoms with E-state index >= 15 is 0 Å². The van der Waals surface area contributed by atoms with Crippen molar-refractivity contribution in [1.82, 2.24) is 0 Å². The van der Waals surface area contributed by atoms with Gasteiger partial charge in [-0.1, -0.05) is 6.07 Å². The molecule has 0 saturated carbocycles. The lowest BCUT2D eigenvalue weighted by Crippen LogP contribution is -2.23. The summed E-state index contributed by atoms with van der Waals surface area (Å²) in [6.07, 6.45) is -0.739. The average Bonchev–Trinajstić information content (AvgIpc) is 2.16. The van der Waals surface area contributed by atoms with Crippen molar-refractivity contribution < 1.29 is 14.9 Å². The number of hydrogen-bond donors (Lipinski definition) is 3. The first-order valence-corrected chi connectivity index (χ1v) is 4.37. The fourth-order valence-electron chi connectivity index (χ4n) is 1.29. The average molecular weight is 197 g/mol. The normalized spacial score (nSPS) is 14.9. The number of aliphatic hydroxyl groups excluding tert-OH is 1. The van der Waals surface area contributed by atoms with E-state index in [1.807, 2.05) is 0 Å². The third-order valence-corrected chi connectivity index (χ3v) is 2.12. The van der Waals surface area contributed by atoms with E-state index in [0.717, 1.165) is 0 Å². The summed E-state index contributed by atoms with van der Waals surface area (Å²) in [6.45, 7) is 1.57. The first-order valence-electron chi connectivity index (χ1n) is 4.37. The Labute approximate surface area is 82.9 Å². The lowest BCUT2D eigenvalue weighted by molar-refractivity contribution is 0.161. The molecule has 1 aromatic rings. The van der Waals surface area contributed by atoms with E-state index < -0.39 is 12.1 Å². The lowest BCUT2D eigenvalue weighted by atomic mass is 10.0. The van der Waals surface area contributed by atoms with Crippen molar-refractivity contribution in [3.8, 4) is 11.5 Å². The number of rotatable bonds is 3. The van der Waals surface area contributed by atoms with E-state index in [2.05, 4.69) is 0 Å². The standard InChI is InChI=1S/C10H15NO3/c1-6(12)10(11)9-7(13)4-3-5-8(9)14-2/h3-6,10,12-13H,11H2,1-2H3/t6-,10-/m0/s1. The van der Waals surface area contributed by atoms with Gasteiger partial charge in [-0.05, 0) is 19.1 Å². The minimum absolute atomic E-state index is 0.0396. The van der Waals surface area contributed by atoms with Gasteiger partial charge in [0.25, 0.3) is 0 Å². The Hall–Kier alpha value is -1.26. The topological polar surface area (TPSA) is 75.7 Å². The number of aromatic hydroxyl groups is 1. The van der Waals surface area contributed by atoms with Gasteiger partial charge in [-0.25, -0.2) is 0 Å². The quantitative estimate of drug-likeness (QED) is 0.669. The predicted molar refractivity (Wildman–Crippen MR) is 53.3 cm³/mol.